The van der Waals surface area contributed by atoms with Gasteiger partial charge in [0.25, 0.3) is 5.91 Å². The lowest BCUT2D eigenvalue weighted by atomic mass is 9.94. The number of benzene rings is 4. The average molecular weight is 735 g/mol. The van der Waals surface area contributed by atoms with Crippen LogP contribution in [-0.4, -0.2) is 27.3 Å². The smallest absolute Gasteiger partial charge is 0.255 e. The number of nitrogens with one attached hydrogen (secondary N) is 2. The van der Waals surface area contributed by atoms with Gasteiger partial charge in [0.2, 0.25) is 11.1 Å². The van der Waals surface area contributed by atoms with E-state index < -0.39 is 6.04 Å². The van der Waals surface area contributed by atoms with Crippen LogP contribution in [0.25, 0.3) is 0 Å². The fraction of sp³-hybridized carbons (Fsp3) is 0.216. The molecule has 0 aliphatic carbocycles. The number of hydrogen-bond donors (Lipinski definition) is 2. The van der Waals surface area contributed by atoms with Crippen molar-refractivity contribution >= 4 is 64.1 Å². The molecule has 0 saturated heterocycles. The van der Waals surface area contributed by atoms with E-state index in [1.54, 1.807) is 22.9 Å². The van der Waals surface area contributed by atoms with Gasteiger partial charge in [-0.3, -0.25) is 4.79 Å². The molecule has 49 heavy (non-hydrogen) atoms. The Bertz CT molecular complexity index is 2050. The topological polar surface area (TPSA) is 90.3 Å². The van der Waals surface area contributed by atoms with Crippen molar-refractivity contribution in [3.63, 3.8) is 0 Å². The van der Waals surface area contributed by atoms with Crippen LogP contribution >= 0.6 is 46.6 Å². The molecule has 0 fully saturated rings. The number of anilines is 2. The lowest BCUT2D eigenvalue weighted by Crippen LogP contribution is -2.31. The van der Waals surface area contributed by atoms with Gasteiger partial charge in [-0.25, -0.2) is 4.68 Å². The normalized spacial score (nSPS) is 13.9. The number of amides is 1. The summed E-state index contributed by atoms with van der Waals surface area (Å²) in [5, 5.41) is 13.6. The van der Waals surface area contributed by atoms with E-state index in [0.29, 0.717) is 66.9 Å². The second kappa shape index (κ2) is 15.2. The minimum Gasteiger partial charge on any atom is -0.490 e. The number of carbonyl (C=O) groups excluding carboxylic acids is 1. The van der Waals surface area contributed by atoms with Crippen molar-refractivity contribution in [1.82, 2.24) is 14.8 Å². The summed E-state index contributed by atoms with van der Waals surface area (Å²) in [5.74, 6) is 1.84. The number of rotatable bonds is 11. The van der Waals surface area contributed by atoms with E-state index in [0.717, 1.165) is 27.9 Å². The third-order valence-electron chi connectivity index (χ3n) is 8.04. The highest BCUT2D eigenvalue weighted by atomic mass is 35.5. The summed E-state index contributed by atoms with van der Waals surface area (Å²) in [6.45, 7) is 8.30. The standard InChI is InChI=1S/C37H34Cl3N5O3S/c1-5-47-32-18-24(14-16-31(32)48-19-26-28(39)11-8-12-29(26)40)34-33(35(46)42-30-15-13-21(2)17-22(30)3)23(4)41-36-43-37(44-45(34)36)49-20-25-9-6-7-10-27(25)38/h6-18,34H,5,19-20H2,1-4H3,(H,42,46)(H,41,43,44). The number of allylic oxidation sites excluding steroid dienone is 1. The second-order valence-electron chi connectivity index (χ2n) is 11.5. The zero-order valence-corrected chi connectivity index (χ0v) is 30.4. The fourth-order valence-electron chi connectivity index (χ4n) is 5.60. The van der Waals surface area contributed by atoms with Gasteiger partial charge in [0.05, 0.1) is 12.2 Å². The van der Waals surface area contributed by atoms with Gasteiger partial charge < -0.3 is 20.1 Å². The summed E-state index contributed by atoms with van der Waals surface area (Å²) in [4.78, 5) is 19.0. The van der Waals surface area contributed by atoms with Crippen molar-refractivity contribution in [3.05, 3.63) is 133 Å². The molecule has 1 atom stereocenters. The Morgan fingerprint density at radius 2 is 1.67 bits per heavy atom. The van der Waals surface area contributed by atoms with Crippen molar-refractivity contribution < 1.29 is 14.3 Å². The largest absolute Gasteiger partial charge is 0.490 e. The Morgan fingerprint density at radius 1 is 0.918 bits per heavy atom. The molecule has 5 aromatic rings. The summed E-state index contributed by atoms with van der Waals surface area (Å²) in [6, 6.07) is 23.9. The number of carbonyl (C=O) groups is 1. The number of halogens is 3. The quantitative estimate of drug-likeness (QED) is 0.131. The fourth-order valence-corrected chi connectivity index (χ4v) is 7.22. The van der Waals surface area contributed by atoms with Crippen LogP contribution in [0.2, 0.25) is 15.1 Å². The summed E-state index contributed by atoms with van der Waals surface area (Å²) in [5.41, 5.74) is 6.35. The summed E-state index contributed by atoms with van der Waals surface area (Å²) < 4.78 is 14.0. The van der Waals surface area contributed by atoms with Crippen LogP contribution in [-0.2, 0) is 17.2 Å². The third-order valence-corrected chi connectivity index (χ3v) is 10.0. The molecule has 252 valence electrons. The van der Waals surface area contributed by atoms with Gasteiger partial charge in [-0.05, 0) is 80.8 Å². The monoisotopic (exact) mass is 733 g/mol. The van der Waals surface area contributed by atoms with Gasteiger partial charge in [0, 0.05) is 37.8 Å². The molecule has 2 heterocycles. The first-order valence-electron chi connectivity index (χ1n) is 15.6. The summed E-state index contributed by atoms with van der Waals surface area (Å²) >= 11 is 20.7. The van der Waals surface area contributed by atoms with Crippen molar-refractivity contribution in [2.75, 3.05) is 17.2 Å². The van der Waals surface area contributed by atoms with E-state index in [4.69, 9.17) is 54.4 Å². The zero-order chi connectivity index (χ0) is 34.7. The average Bonchev–Trinajstić information content (AvgIpc) is 3.47. The lowest BCUT2D eigenvalue weighted by Gasteiger charge is -2.29. The Balaban J connectivity index is 1.37. The van der Waals surface area contributed by atoms with Gasteiger partial charge in [0.15, 0.2) is 11.5 Å². The van der Waals surface area contributed by atoms with Crippen molar-refractivity contribution in [1.29, 1.82) is 0 Å². The van der Waals surface area contributed by atoms with Crippen LogP contribution in [0.15, 0.2) is 95.3 Å². The summed E-state index contributed by atoms with van der Waals surface area (Å²) in [6.07, 6.45) is 0. The van der Waals surface area contributed by atoms with Crippen molar-refractivity contribution in [2.24, 2.45) is 0 Å². The number of nitrogens with zero attached hydrogens (tertiary/aromatic N) is 3. The first kappa shape index (κ1) is 34.7. The Kier molecular flexibility index (Phi) is 10.7. The highest BCUT2D eigenvalue weighted by molar-refractivity contribution is 7.98. The molecule has 1 aromatic heterocycles. The molecule has 1 aliphatic rings. The number of fused-ring (bicyclic) bond motifs is 1. The molecule has 0 saturated carbocycles. The minimum absolute atomic E-state index is 0.146. The molecular formula is C37H34Cl3N5O3S. The first-order chi connectivity index (χ1) is 23.6. The van der Waals surface area contributed by atoms with Crippen LogP contribution in [0, 0.1) is 13.8 Å². The number of hydrogen-bond acceptors (Lipinski definition) is 7. The molecule has 0 bridgehead atoms. The van der Waals surface area contributed by atoms with Crippen LogP contribution < -0.4 is 20.1 Å². The Morgan fingerprint density at radius 3 is 2.41 bits per heavy atom. The number of ether oxygens (including phenoxy) is 2. The lowest BCUT2D eigenvalue weighted by molar-refractivity contribution is -0.113. The molecule has 0 spiro atoms. The molecule has 1 amide bonds. The molecule has 0 radical (unpaired) electrons. The maximum atomic E-state index is 14.2. The maximum absolute atomic E-state index is 14.2. The molecule has 1 unspecified atom stereocenters. The zero-order valence-electron chi connectivity index (χ0n) is 27.3. The van der Waals surface area contributed by atoms with Crippen LogP contribution in [0.4, 0.5) is 11.6 Å². The molecule has 12 heteroatoms. The van der Waals surface area contributed by atoms with Crippen molar-refractivity contribution in [2.45, 2.75) is 51.3 Å². The molecular weight excluding hydrogens is 701 g/mol. The van der Waals surface area contributed by atoms with E-state index in [1.807, 2.05) is 88.4 Å². The van der Waals surface area contributed by atoms with E-state index in [-0.39, 0.29) is 12.5 Å². The second-order valence-corrected chi connectivity index (χ2v) is 13.7. The van der Waals surface area contributed by atoms with E-state index in [2.05, 4.69) is 10.6 Å². The number of aryl methyl sites for hydroxylation is 2. The van der Waals surface area contributed by atoms with Gasteiger partial charge >= 0.3 is 0 Å². The number of thioether (sulfide) groups is 1. The Hall–Kier alpha value is -4.15. The van der Waals surface area contributed by atoms with Crippen LogP contribution in [0.5, 0.6) is 11.5 Å². The highest BCUT2D eigenvalue weighted by Crippen LogP contribution is 2.41. The van der Waals surface area contributed by atoms with Crippen LogP contribution in [0.1, 0.15) is 47.7 Å². The van der Waals surface area contributed by atoms with E-state index >= 15 is 0 Å². The highest BCUT2D eigenvalue weighted by Gasteiger charge is 2.35. The summed E-state index contributed by atoms with van der Waals surface area (Å²) in [7, 11) is 0. The molecule has 8 nitrogen and oxygen atoms in total. The van der Waals surface area contributed by atoms with Gasteiger partial charge in [-0.1, -0.05) is 94.6 Å². The van der Waals surface area contributed by atoms with Gasteiger partial charge in [0.1, 0.15) is 12.6 Å². The minimum atomic E-state index is -0.643. The molecule has 4 aromatic carbocycles. The van der Waals surface area contributed by atoms with E-state index in [9.17, 15) is 4.79 Å². The van der Waals surface area contributed by atoms with Crippen molar-refractivity contribution in [3.8, 4) is 11.5 Å². The van der Waals surface area contributed by atoms with E-state index in [1.165, 1.54) is 11.8 Å². The maximum Gasteiger partial charge on any atom is 0.255 e. The molecule has 1 aliphatic heterocycles. The number of aromatic nitrogens is 3. The molecule has 2 N–H and O–H groups in total. The molecule has 6 rings (SSSR count). The third kappa shape index (κ3) is 7.70. The Labute approximate surface area is 304 Å². The van der Waals surface area contributed by atoms with Crippen LogP contribution in [0.3, 0.4) is 0 Å². The van der Waals surface area contributed by atoms with Gasteiger partial charge in [-0.2, -0.15) is 4.98 Å². The predicted molar refractivity (Wildman–Crippen MR) is 198 cm³/mol. The van der Waals surface area contributed by atoms with Gasteiger partial charge in [-0.15, -0.1) is 5.10 Å². The SMILES string of the molecule is CCOc1cc(C2C(C(=O)Nc3ccc(C)cc3C)=C(C)Nc3nc(SCc4ccccc4Cl)nn32)ccc1OCc1c(Cl)cccc1Cl. The predicted octanol–water partition coefficient (Wildman–Crippen LogP) is 10.1. The first-order valence-corrected chi connectivity index (χ1v) is 17.8.